The molecule has 2 aromatic carbocycles. The molecule has 46 heavy (non-hydrogen) atoms. The molecule has 4 aromatic rings. The number of nitrogens with zero attached hydrogens (tertiary/aromatic N) is 2. The van der Waals surface area contributed by atoms with E-state index < -0.39 is 62.4 Å². The van der Waals surface area contributed by atoms with Crippen LogP contribution >= 0.6 is 0 Å². The Kier molecular flexibility index (Phi) is 7.08. The van der Waals surface area contributed by atoms with Crippen LogP contribution in [0.4, 0.5) is 13.2 Å². The van der Waals surface area contributed by atoms with Crippen molar-refractivity contribution in [2.24, 2.45) is 5.92 Å². The highest BCUT2D eigenvalue weighted by Crippen LogP contribution is 2.45. The van der Waals surface area contributed by atoms with Gasteiger partial charge in [0, 0.05) is 29.8 Å². The van der Waals surface area contributed by atoms with Crippen molar-refractivity contribution in [2.75, 3.05) is 6.54 Å². The van der Waals surface area contributed by atoms with Gasteiger partial charge in [-0.05, 0) is 43.5 Å². The molecule has 0 bridgehead atoms. The summed E-state index contributed by atoms with van der Waals surface area (Å²) in [5, 5.41) is 5.88. The maximum absolute atomic E-state index is 13.3. The lowest BCUT2D eigenvalue weighted by Gasteiger charge is -2.21. The number of ether oxygens (including phenoxy) is 1. The first-order chi connectivity index (χ1) is 21.9. The van der Waals surface area contributed by atoms with Crippen LogP contribution in [-0.4, -0.2) is 59.7 Å². The lowest BCUT2D eigenvalue weighted by molar-refractivity contribution is -0.137. The molecule has 2 unspecified atom stereocenters. The second-order valence-electron chi connectivity index (χ2n) is 11.8. The third kappa shape index (κ3) is 5.47. The zero-order valence-corrected chi connectivity index (χ0v) is 25.0. The highest BCUT2D eigenvalue weighted by Gasteiger charge is 2.61. The van der Waals surface area contributed by atoms with Crippen molar-refractivity contribution in [3.8, 4) is 17.3 Å². The van der Waals surface area contributed by atoms with Crippen LogP contribution in [0.2, 0.25) is 0 Å². The van der Waals surface area contributed by atoms with Crippen molar-refractivity contribution in [3.63, 3.8) is 0 Å². The monoisotopic (exact) mass is 655 g/mol. The first kappa shape index (κ1) is 30.2. The molecule has 11 nitrogen and oxygen atoms in total. The van der Waals surface area contributed by atoms with E-state index in [1.165, 1.54) is 18.2 Å². The molecule has 2 aliphatic carbocycles. The number of fused-ring (bicyclic) bond motifs is 3. The Balaban J connectivity index is 1.11. The van der Waals surface area contributed by atoms with Crippen molar-refractivity contribution in [1.29, 1.82) is 0 Å². The SMILES string of the molecule is C=C[C@@H]1C[C@]1(NC(=O)C1CC(Oc2nc(-c3ccc(C(F)(F)F)cc3)nc3c2oc2ccccc23)CN1)C(=O)NS(=O)(=O)C1CC1. The van der Waals surface area contributed by atoms with E-state index in [4.69, 9.17) is 9.15 Å². The zero-order chi connectivity index (χ0) is 32.4. The van der Waals surface area contributed by atoms with E-state index in [-0.39, 0.29) is 36.7 Å². The van der Waals surface area contributed by atoms with Crippen LogP contribution in [0.25, 0.3) is 33.5 Å². The van der Waals surface area contributed by atoms with Crippen molar-refractivity contribution in [1.82, 2.24) is 25.3 Å². The number of halogens is 3. The number of sulfonamides is 1. The first-order valence-electron chi connectivity index (χ1n) is 14.7. The number of amides is 2. The minimum Gasteiger partial charge on any atom is -0.470 e. The molecular weight excluding hydrogens is 627 g/mol. The predicted molar refractivity (Wildman–Crippen MR) is 160 cm³/mol. The number of benzene rings is 2. The van der Waals surface area contributed by atoms with Crippen molar-refractivity contribution >= 4 is 43.9 Å². The van der Waals surface area contributed by atoms with Crippen LogP contribution in [0.3, 0.4) is 0 Å². The standard InChI is InChI=1S/C31H28F3N5O6S/c1-2-17-14-30(17,29(41)39-46(42,43)20-11-12-20)38-27(40)22-13-19(15-35-22)44-28-25-24(21-5-3-4-6-23(21)45-25)36-26(37-28)16-7-9-18(10-8-16)31(32,33)34/h2-10,17,19-20,22,35H,1,11-15H2,(H,38,40)(H,39,41)/t17-,19?,22?,30-/m1/s1. The molecule has 4 atom stereocenters. The van der Waals surface area contributed by atoms with Gasteiger partial charge in [0.15, 0.2) is 5.82 Å². The highest BCUT2D eigenvalue weighted by atomic mass is 32.2. The van der Waals surface area contributed by atoms with Gasteiger partial charge in [-0.3, -0.25) is 14.3 Å². The Labute approximate surface area is 260 Å². The van der Waals surface area contributed by atoms with Crippen LogP contribution in [0.5, 0.6) is 5.88 Å². The molecule has 7 rings (SSSR count). The van der Waals surface area contributed by atoms with Crippen molar-refractivity contribution < 1.29 is 40.3 Å². The maximum Gasteiger partial charge on any atom is 0.416 e. The average Bonchev–Trinajstić information content (AvgIpc) is 3.92. The number of nitrogens with one attached hydrogen (secondary N) is 3. The van der Waals surface area contributed by atoms with E-state index in [2.05, 4.69) is 31.9 Å². The Bertz CT molecular complexity index is 1990. The lowest BCUT2D eigenvalue weighted by atomic mass is 10.1. The number of alkyl halides is 3. The summed E-state index contributed by atoms with van der Waals surface area (Å²) in [6.07, 6.45) is -2.21. The van der Waals surface area contributed by atoms with Crippen LogP contribution in [0.1, 0.15) is 31.2 Å². The number of rotatable bonds is 9. The number of hydrogen-bond donors (Lipinski definition) is 3. The summed E-state index contributed by atoms with van der Waals surface area (Å²) in [7, 11) is -3.81. The number of aromatic nitrogens is 2. The molecule has 15 heteroatoms. The summed E-state index contributed by atoms with van der Waals surface area (Å²) < 4.78 is 78.6. The number of carbonyl (C=O) groups excluding carboxylic acids is 2. The van der Waals surface area contributed by atoms with Gasteiger partial charge in [0.05, 0.1) is 16.9 Å². The molecule has 3 aliphatic rings. The third-order valence-electron chi connectivity index (χ3n) is 8.59. The second kappa shape index (κ2) is 10.8. The van der Waals surface area contributed by atoms with Gasteiger partial charge >= 0.3 is 6.18 Å². The average molecular weight is 656 g/mol. The Morgan fingerprint density at radius 3 is 2.52 bits per heavy atom. The molecule has 240 valence electrons. The van der Waals surface area contributed by atoms with Gasteiger partial charge in [0.25, 0.3) is 11.8 Å². The molecule has 3 fully saturated rings. The maximum atomic E-state index is 13.3. The Morgan fingerprint density at radius 2 is 1.85 bits per heavy atom. The van der Waals surface area contributed by atoms with E-state index >= 15 is 0 Å². The van der Waals surface area contributed by atoms with E-state index in [0.717, 1.165) is 12.1 Å². The second-order valence-corrected chi connectivity index (χ2v) is 13.8. The van der Waals surface area contributed by atoms with Crippen LogP contribution < -0.4 is 20.1 Å². The van der Waals surface area contributed by atoms with Crippen molar-refractivity contribution in [2.45, 2.75) is 54.8 Å². The molecular formula is C31H28F3N5O6S. The highest BCUT2D eigenvalue weighted by molar-refractivity contribution is 7.91. The Morgan fingerprint density at radius 1 is 1.11 bits per heavy atom. The quantitative estimate of drug-likeness (QED) is 0.229. The molecule has 2 amide bonds. The fraction of sp³-hybridized carbons (Fsp3) is 0.355. The molecule has 1 aliphatic heterocycles. The van der Waals surface area contributed by atoms with Crippen molar-refractivity contribution in [3.05, 3.63) is 66.7 Å². The first-order valence-corrected chi connectivity index (χ1v) is 16.2. The number of hydrogen-bond acceptors (Lipinski definition) is 9. The smallest absolute Gasteiger partial charge is 0.416 e. The van der Waals surface area contributed by atoms with Gasteiger partial charge in [-0.2, -0.15) is 18.2 Å². The molecule has 0 radical (unpaired) electrons. The molecule has 3 heterocycles. The molecule has 2 saturated carbocycles. The van der Waals surface area contributed by atoms with Gasteiger partial charge in [0.1, 0.15) is 22.7 Å². The van der Waals surface area contributed by atoms with E-state index in [1.54, 1.807) is 24.3 Å². The van der Waals surface area contributed by atoms with Gasteiger partial charge in [0.2, 0.25) is 21.5 Å². The topological polar surface area (TPSA) is 153 Å². The minimum atomic E-state index is -4.50. The zero-order valence-electron chi connectivity index (χ0n) is 24.1. The van der Waals surface area contributed by atoms with E-state index in [0.29, 0.717) is 34.9 Å². The van der Waals surface area contributed by atoms with Gasteiger partial charge < -0.3 is 19.8 Å². The molecule has 2 aromatic heterocycles. The summed E-state index contributed by atoms with van der Waals surface area (Å²) in [5.41, 5.74) is -0.723. The fourth-order valence-electron chi connectivity index (χ4n) is 5.76. The van der Waals surface area contributed by atoms with Gasteiger partial charge in [-0.15, -0.1) is 6.58 Å². The summed E-state index contributed by atoms with van der Waals surface area (Å²) in [6, 6.07) is 10.8. The molecule has 3 N–H and O–H groups in total. The summed E-state index contributed by atoms with van der Waals surface area (Å²) in [5.74, 6) is -1.53. The summed E-state index contributed by atoms with van der Waals surface area (Å²) in [4.78, 5) is 35.5. The lowest BCUT2D eigenvalue weighted by Crippen LogP contribution is -2.55. The van der Waals surface area contributed by atoms with Crippen LogP contribution in [0, 0.1) is 5.92 Å². The summed E-state index contributed by atoms with van der Waals surface area (Å²) in [6.45, 7) is 3.93. The Hall–Kier alpha value is -4.50. The molecule has 0 spiro atoms. The van der Waals surface area contributed by atoms with Crippen LogP contribution in [0.15, 0.2) is 65.6 Å². The van der Waals surface area contributed by atoms with Gasteiger partial charge in [-0.25, -0.2) is 13.4 Å². The predicted octanol–water partition coefficient (Wildman–Crippen LogP) is 3.84. The number of para-hydroxylation sites is 1. The van der Waals surface area contributed by atoms with Crippen LogP contribution in [-0.2, 0) is 25.8 Å². The van der Waals surface area contributed by atoms with E-state index in [9.17, 15) is 31.2 Å². The van der Waals surface area contributed by atoms with E-state index in [1.807, 2.05) is 0 Å². The minimum absolute atomic E-state index is 0.0546. The summed E-state index contributed by atoms with van der Waals surface area (Å²) >= 11 is 0. The third-order valence-corrected chi connectivity index (χ3v) is 10.4. The fourth-order valence-corrected chi connectivity index (χ4v) is 7.12. The number of carbonyl (C=O) groups is 2. The number of furan rings is 1. The normalized spacial score (nSPS) is 24.5. The molecule has 1 saturated heterocycles. The van der Waals surface area contributed by atoms with Gasteiger partial charge in [-0.1, -0.05) is 30.3 Å². The largest absolute Gasteiger partial charge is 0.470 e.